The van der Waals surface area contributed by atoms with Crippen molar-refractivity contribution < 1.29 is 9.53 Å². The summed E-state index contributed by atoms with van der Waals surface area (Å²) in [7, 11) is 1.88. The van der Waals surface area contributed by atoms with Crippen molar-refractivity contribution in [1.29, 1.82) is 0 Å². The largest absolute Gasteiger partial charge is 0.372 e. The Morgan fingerprint density at radius 3 is 2.83 bits per heavy atom. The smallest absolute Gasteiger partial charge is 0.251 e. The van der Waals surface area contributed by atoms with E-state index < -0.39 is 0 Å². The van der Waals surface area contributed by atoms with E-state index >= 15 is 0 Å². The van der Waals surface area contributed by atoms with Crippen molar-refractivity contribution in [3.05, 3.63) is 34.9 Å². The van der Waals surface area contributed by atoms with Gasteiger partial charge in [-0.15, -0.1) is 12.4 Å². The average molecular weight is 271 g/mol. The molecule has 1 aliphatic heterocycles. The fourth-order valence-corrected chi connectivity index (χ4v) is 1.76. The van der Waals surface area contributed by atoms with Crippen molar-refractivity contribution >= 4 is 18.3 Å². The first-order chi connectivity index (χ1) is 8.20. The number of likely N-dealkylation sites (N-methyl/N-ethyl adjacent to an activating group) is 1. The third kappa shape index (κ3) is 3.45. The van der Waals surface area contributed by atoms with E-state index in [0.29, 0.717) is 25.3 Å². The van der Waals surface area contributed by atoms with Crippen LogP contribution in [0.4, 0.5) is 0 Å². The zero-order valence-corrected chi connectivity index (χ0v) is 11.5. The maximum absolute atomic E-state index is 11.9. The van der Waals surface area contributed by atoms with Gasteiger partial charge in [-0.3, -0.25) is 4.79 Å². The Balaban J connectivity index is 0.00000162. The Morgan fingerprint density at radius 1 is 1.39 bits per heavy atom. The minimum atomic E-state index is -0.0261. The summed E-state index contributed by atoms with van der Waals surface area (Å²) in [6.45, 7) is 3.93. The van der Waals surface area contributed by atoms with Crippen molar-refractivity contribution in [1.82, 2.24) is 10.6 Å². The van der Waals surface area contributed by atoms with E-state index in [4.69, 9.17) is 4.74 Å². The van der Waals surface area contributed by atoms with Gasteiger partial charge in [-0.1, -0.05) is 6.07 Å². The molecule has 2 N–H and O–H groups in total. The number of carbonyl (C=O) groups is 1. The number of halogens is 1. The second-order valence-electron chi connectivity index (χ2n) is 4.38. The van der Waals surface area contributed by atoms with Gasteiger partial charge in [0, 0.05) is 18.2 Å². The summed E-state index contributed by atoms with van der Waals surface area (Å²) < 4.78 is 5.32. The van der Waals surface area contributed by atoms with Gasteiger partial charge in [0.1, 0.15) is 0 Å². The number of fused-ring (bicyclic) bond motifs is 1. The van der Waals surface area contributed by atoms with Gasteiger partial charge in [0.15, 0.2) is 0 Å². The third-order valence-corrected chi connectivity index (χ3v) is 3.05. The molecule has 0 spiro atoms. The summed E-state index contributed by atoms with van der Waals surface area (Å²) in [5.74, 6) is -0.0261. The van der Waals surface area contributed by atoms with E-state index in [2.05, 4.69) is 10.6 Å². The Labute approximate surface area is 114 Å². The van der Waals surface area contributed by atoms with Gasteiger partial charge in [0.05, 0.1) is 13.2 Å². The molecule has 0 saturated carbocycles. The second-order valence-corrected chi connectivity index (χ2v) is 4.38. The van der Waals surface area contributed by atoms with Gasteiger partial charge in [-0.05, 0) is 37.2 Å². The maximum Gasteiger partial charge on any atom is 0.251 e. The summed E-state index contributed by atoms with van der Waals surface area (Å²) >= 11 is 0. The third-order valence-electron chi connectivity index (χ3n) is 3.05. The monoisotopic (exact) mass is 270 g/mol. The Bertz CT molecular complexity index is 423. The van der Waals surface area contributed by atoms with Crippen LogP contribution in [-0.2, 0) is 18.0 Å². The van der Waals surface area contributed by atoms with E-state index in [0.717, 1.165) is 5.56 Å². The van der Waals surface area contributed by atoms with Crippen LogP contribution in [0.2, 0.25) is 0 Å². The second kappa shape index (κ2) is 6.73. The van der Waals surface area contributed by atoms with Crippen LogP contribution >= 0.6 is 12.4 Å². The first-order valence-electron chi connectivity index (χ1n) is 5.85. The molecule has 0 fully saturated rings. The molecule has 5 heteroatoms. The molecular weight excluding hydrogens is 252 g/mol. The highest BCUT2D eigenvalue weighted by molar-refractivity contribution is 5.94. The van der Waals surface area contributed by atoms with Crippen LogP contribution in [0.15, 0.2) is 18.2 Å². The summed E-state index contributed by atoms with van der Waals surface area (Å²) in [6, 6.07) is 6.02. The fourth-order valence-electron chi connectivity index (χ4n) is 1.76. The highest BCUT2D eigenvalue weighted by atomic mass is 35.5. The molecule has 18 heavy (non-hydrogen) atoms. The first kappa shape index (κ1) is 15.0. The van der Waals surface area contributed by atoms with Crippen molar-refractivity contribution in [2.24, 2.45) is 0 Å². The minimum Gasteiger partial charge on any atom is -0.372 e. The molecule has 0 saturated heterocycles. The Hall–Kier alpha value is -1.10. The van der Waals surface area contributed by atoms with Gasteiger partial charge in [-0.25, -0.2) is 0 Å². The molecule has 1 heterocycles. The number of carbonyl (C=O) groups excluding carboxylic acids is 1. The molecule has 1 aromatic carbocycles. The van der Waals surface area contributed by atoms with Crippen LogP contribution in [0, 0.1) is 0 Å². The molecular formula is C13H19ClN2O2. The van der Waals surface area contributed by atoms with Crippen LogP contribution in [0.5, 0.6) is 0 Å². The predicted octanol–water partition coefficient (Wildman–Crippen LogP) is 1.48. The number of hydrogen-bond donors (Lipinski definition) is 2. The Morgan fingerprint density at radius 2 is 2.11 bits per heavy atom. The van der Waals surface area contributed by atoms with Gasteiger partial charge >= 0.3 is 0 Å². The number of ether oxygens (including phenoxy) is 1. The summed E-state index contributed by atoms with van der Waals surface area (Å²) in [6.07, 6.45) is 0. The van der Waals surface area contributed by atoms with E-state index in [1.807, 2.05) is 32.2 Å². The number of hydrogen-bond acceptors (Lipinski definition) is 3. The lowest BCUT2D eigenvalue weighted by atomic mass is 10.1. The predicted molar refractivity (Wildman–Crippen MR) is 73.0 cm³/mol. The van der Waals surface area contributed by atoms with E-state index in [1.165, 1.54) is 5.56 Å². The molecule has 1 aliphatic rings. The summed E-state index contributed by atoms with van der Waals surface area (Å²) in [4.78, 5) is 11.9. The lowest BCUT2D eigenvalue weighted by molar-refractivity contribution is 0.0950. The van der Waals surface area contributed by atoms with Gasteiger partial charge in [-0.2, -0.15) is 0 Å². The zero-order chi connectivity index (χ0) is 12.3. The van der Waals surface area contributed by atoms with Crippen LogP contribution in [-0.4, -0.2) is 25.5 Å². The number of rotatable bonds is 4. The minimum absolute atomic E-state index is 0. The SMILES string of the molecule is CNC(C)CNC(=O)c1ccc2c(c1)COC2.Cl. The molecule has 1 unspecified atom stereocenters. The number of nitrogens with one attached hydrogen (secondary N) is 2. The summed E-state index contributed by atoms with van der Waals surface area (Å²) in [5.41, 5.74) is 3.02. The molecule has 2 rings (SSSR count). The van der Waals surface area contributed by atoms with Gasteiger partial charge in [0.2, 0.25) is 0 Å². The molecule has 0 aliphatic carbocycles. The van der Waals surface area contributed by atoms with Gasteiger partial charge in [0.25, 0.3) is 5.91 Å². The maximum atomic E-state index is 11.9. The molecule has 0 radical (unpaired) electrons. The van der Waals surface area contributed by atoms with E-state index in [1.54, 1.807) is 0 Å². The summed E-state index contributed by atoms with van der Waals surface area (Å²) in [5, 5.41) is 5.98. The van der Waals surface area contributed by atoms with E-state index in [-0.39, 0.29) is 24.4 Å². The first-order valence-corrected chi connectivity index (χ1v) is 5.85. The lowest BCUT2D eigenvalue weighted by Gasteiger charge is -2.11. The lowest BCUT2D eigenvalue weighted by Crippen LogP contribution is -2.37. The van der Waals surface area contributed by atoms with E-state index in [9.17, 15) is 4.79 Å². The van der Waals surface area contributed by atoms with Crippen LogP contribution in [0.3, 0.4) is 0 Å². The van der Waals surface area contributed by atoms with Gasteiger partial charge < -0.3 is 15.4 Å². The topological polar surface area (TPSA) is 50.4 Å². The van der Waals surface area contributed by atoms with Crippen LogP contribution in [0.25, 0.3) is 0 Å². The zero-order valence-electron chi connectivity index (χ0n) is 10.7. The quantitative estimate of drug-likeness (QED) is 0.871. The molecule has 1 amide bonds. The molecule has 0 bridgehead atoms. The molecule has 100 valence electrons. The highest BCUT2D eigenvalue weighted by Gasteiger charge is 2.14. The van der Waals surface area contributed by atoms with Crippen molar-refractivity contribution in [3.63, 3.8) is 0 Å². The molecule has 4 nitrogen and oxygen atoms in total. The Kier molecular flexibility index (Phi) is 5.59. The normalized spacial score (nSPS) is 14.6. The average Bonchev–Trinajstić information content (AvgIpc) is 2.82. The van der Waals surface area contributed by atoms with Crippen molar-refractivity contribution in [2.45, 2.75) is 26.2 Å². The molecule has 1 atom stereocenters. The van der Waals surface area contributed by atoms with Crippen LogP contribution < -0.4 is 10.6 Å². The standard InChI is InChI=1S/C13H18N2O2.ClH/c1-9(14-2)6-15-13(16)10-3-4-11-7-17-8-12(11)5-10;/h3-5,9,14H,6-8H2,1-2H3,(H,15,16);1H. The van der Waals surface area contributed by atoms with Crippen molar-refractivity contribution in [2.75, 3.05) is 13.6 Å². The van der Waals surface area contributed by atoms with Crippen LogP contribution in [0.1, 0.15) is 28.4 Å². The fraction of sp³-hybridized carbons (Fsp3) is 0.462. The van der Waals surface area contributed by atoms with Crippen molar-refractivity contribution in [3.8, 4) is 0 Å². The number of benzene rings is 1. The molecule has 0 aromatic heterocycles. The number of amides is 1. The molecule has 1 aromatic rings. The highest BCUT2D eigenvalue weighted by Crippen LogP contribution is 2.20.